The summed E-state index contributed by atoms with van der Waals surface area (Å²) in [6.07, 6.45) is 0.787. The number of ketones is 1. The van der Waals surface area contributed by atoms with Crippen molar-refractivity contribution in [1.82, 2.24) is 0 Å². The van der Waals surface area contributed by atoms with E-state index in [-0.39, 0.29) is 24.1 Å². The first-order valence-corrected chi connectivity index (χ1v) is 5.93. The van der Waals surface area contributed by atoms with Gasteiger partial charge in [-0.25, -0.2) is 4.39 Å². The Labute approximate surface area is 103 Å². The number of hydrogen-bond acceptors (Lipinski definition) is 2. The van der Waals surface area contributed by atoms with E-state index in [4.69, 9.17) is 4.74 Å². The predicted molar refractivity (Wildman–Crippen MR) is 64.1 cm³/mol. The molecule has 88 valence electrons. The van der Waals surface area contributed by atoms with Gasteiger partial charge in [-0.05, 0) is 18.6 Å². The first-order valence-electron chi connectivity index (χ1n) is 5.14. The van der Waals surface area contributed by atoms with Crippen LogP contribution in [0.15, 0.2) is 22.7 Å². The van der Waals surface area contributed by atoms with Gasteiger partial charge in [0.05, 0.1) is 0 Å². The number of ether oxygens (including phenoxy) is 1. The zero-order valence-corrected chi connectivity index (χ0v) is 10.9. The number of Topliss-reactive ketones (excluding diaryl/α,β-unsaturated/α-hetero) is 1. The highest BCUT2D eigenvalue weighted by Gasteiger charge is 2.11. The standard InChI is InChI=1S/C12H14BrFO2/c1-3-8(2)12(15)7-16-11-5-9(13)4-10(14)6-11/h4-6,8H,3,7H2,1-2H3. The highest BCUT2D eigenvalue weighted by atomic mass is 79.9. The largest absolute Gasteiger partial charge is 0.486 e. The number of halogens is 2. The van der Waals surface area contributed by atoms with Gasteiger partial charge < -0.3 is 4.74 Å². The van der Waals surface area contributed by atoms with Gasteiger partial charge in [-0.3, -0.25) is 4.79 Å². The third-order valence-corrected chi connectivity index (χ3v) is 2.84. The van der Waals surface area contributed by atoms with Crippen molar-refractivity contribution in [2.75, 3.05) is 6.61 Å². The summed E-state index contributed by atoms with van der Waals surface area (Å²) in [4.78, 5) is 11.5. The zero-order chi connectivity index (χ0) is 12.1. The van der Waals surface area contributed by atoms with Crippen LogP contribution in [0, 0.1) is 11.7 Å². The molecule has 0 saturated heterocycles. The Kier molecular flexibility index (Phi) is 4.93. The molecule has 1 rings (SSSR count). The van der Waals surface area contributed by atoms with Crippen LogP contribution in [-0.2, 0) is 4.79 Å². The van der Waals surface area contributed by atoms with E-state index >= 15 is 0 Å². The minimum absolute atomic E-state index is 0.00903. The SMILES string of the molecule is CCC(C)C(=O)COc1cc(F)cc(Br)c1. The number of rotatable bonds is 5. The van der Waals surface area contributed by atoms with Crippen LogP contribution < -0.4 is 4.74 Å². The zero-order valence-electron chi connectivity index (χ0n) is 9.30. The summed E-state index contributed by atoms with van der Waals surface area (Å²) in [5.41, 5.74) is 0. The molecule has 0 N–H and O–H groups in total. The van der Waals surface area contributed by atoms with Crippen molar-refractivity contribution in [3.8, 4) is 5.75 Å². The molecule has 0 radical (unpaired) electrons. The van der Waals surface area contributed by atoms with Crippen LogP contribution in [0.3, 0.4) is 0 Å². The third-order valence-electron chi connectivity index (χ3n) is 2.38. The Bertz CT molecular complexity index is 359. The highest BCUT2D eigenvalue weighted by Crippen LogP contribution is 2.20. The fourth-order valence-electron chi connectivity index (χ4n) is 1.14. The Morgan fingerprint density at radius 3 is 2.75 bits per heavy atom. The van der Waals surface area contributed by atoms with Crippen molar-refractivity contribution in [2.45, 2.75) is 20.3 Å². The van der Waals surface area contributed by atoms with Gasteiger partial charge in [0.1, 0.15) is 18.2 Å². The van der Waals surface area contributed by atoms with E-state index in [1.165, 1.54) is 12.1 Å². The van der Waals surface area contributed by atoms with E-state index in [2.05, 4.69) is 15.9 Å². The molecule has 1 atom stereocenters. The summed E-state index contributed by atoms with van der Waals surface area (Å²) in [5, 5.41) is 0. The maximum atomic E-state index is 13.0. The maximum absolute atomic E-state index is 13.0. The first kappa shape index (κ1) is 13.2. The average molecular weight is 289 g/mol. The van der Waals surface area contributed by atoms with Gasteiger partial charge in [-0.15, -0.1) is 0 Å². The van der Waals surface area contributed by atoms with Gasteiger partial charge >= 0.3 is 0 Å². The fraction of sp³-hybridized carbons (Fsp3) is 0.417. The molecule has 16 heavy (non-hydrogen) atoms. The van der Waals surface area contributed by atoms with E-state index in [9.17, 15) is 9.18 Å². The number of benzene rings is 1. The molecule has 0 heterocycles. The van der Waals surface area contributed by atoms with Gasteiger partial charge in [0, 0.05) is 16.5 Å². The van der Waals surface area contributed by atoms with Crippen LogP contribution in [0.5, 0.6) is 5.75 Å². The van der Waals surface area contributed by atoms with Crippen LogP contribution in [0.1, 0.15) is 20.3 Å². The van der Waals surface area contributed by atoms with Crippen LogP contribution in [-0.4, -0.2) is 12.4 Å². The van der Waals surface area contributed by atoms with Gasteiger partial charge in [-0.1, -0.05) is 29.8 Å². The molecule has 0 fully saturated rings. The maximum Gasteiger partial charge on any atom is 0.172 e. The van der Waals surface area contributed by atoms with Gasteiger partial charge in [0.15, 0.2) is 5.78 Å². The number of carbonyl (C=O) groups is 1. The summed E-state index contributed by atoms with van der Waals surface area (Å²) in [6, 6.07) is 4.23. The van der Waals surface area contributed by atoms with Crippen LogP contribution in [0.2, 0.25) is 0 Å². The monoisotopic (exact) mass is 288 g/mol. The number of carbonyl (C=O) groups excluding carboxylic acids is 1. The lowest BCUT2D eigenvalue weighted by molar-refractivity contribution is -0.124. The lowest BCUT2D eigenvalue weighted by Crippen LogP contribution is -2.18. The molecular weight excluding hydrogens is 275 g/mol. The molecule has 0 spiro atoms. The molecule has 1 aromatic carbocycles. The van der Waals surface area contributed by atoms with Gasteiger partial charge in [0.25, 0.3) is 0 Å². The topological polar surface area (TPSA) is 26.3 Å². The second-order valence-electron chi connectivity index (χ2n) is 3.67. The Balaban J connectivity index is 2.58. The lowest BCUT2D eigenvalue weighted by Gasteiger charge is -2.09. The molecule has 1 aromatic rings. The summed E-state index contributed by atoms with van der Waals surface area (Å²) < 4.78 is 18.8. The molecule has 0 aromatic heterocycles. The average Bonchev–Trinajstić information content (AvgIpc) is 2.23. The van der Waals surface area contributed by atoms with Crippen molar-refractivity contribution in [2.24, 2.45) is 5.92 Å². The van der Waals surface area contributed by atoms with E-state index in [0.717, 1.165) is 6.42 Å². The van der Waals surface area contributed by atoms with Gasteiger partial charge in [-0.2, -0.15) is 0 Å². The second kappa shape index (κ2) is 5.99. The minimum atomic E-state index is -0.389. The van der Waals surface area contributed by atoms with E-state index in [1.807, 2.05) is 13.8 Å². The summed E-state index contributed by atoms with van der Waals surface area (Å²) >= 11 is 3.16. The Morgan fingerprint density at radius 2 is 2.19 bits per heavy atom. The molecule has 1 unspecified atom stereocenters. The molecule has 0 aliphatic rings. The van der Waals surface area contributed by atoms with Crippen LogP contribution in [0.4, 0.5) is 4.39 Å². The third kappa shape index (κ3) is 3.93. The van der Waals surface area contributed by atoms with Gasteiger partial charge in [0.2, 0.25) is 0 Å². The fourth-order valence-corrected chi connectivity index (χ4v) is 1.58. The Hall–Kier alpha value is -0.900. The smallest absolute Gasteiger partial charge is 0.172 e. The van der Waals surface area contributed by atoms with Crippen molar-refractivity contribution in [3.63, 3.8) is 0 Å². The Morgan fingerprint density at radius 1 is 1.50 bits per heavy atom. The summed E-state index contributed by atoms with van der Waals surface area (Å²) in [5.74, 6) is -0.0104. The predicted octanol–water partition coefficient (Wildman–Crippen LogP) is 3.58. The molecule has 0 amide bonds. The normalized spacial score (nSPS) is 12.2. The van der Waals surface area contributed by atoms with E-state index < -0.39 is 0 Å². The minimum Gasteiger partial charge on any atom is -0.486 e. The summed E-state index contributed by atoms with van der Waals surface area (Å²) in [6.45, 7) is 3.79. The van der Waals surface area contributed by atoms with Crippen LogP contribution in [0.25, 0.3) is 0 Å². The highest BCUT2D eigenvalue weighted by molar-refractivity contribution is 9.10. The molecule has 0 saturated carbocycles. The summed E-state index contributed by atoms with van der Waals surface area (Å²) in [7, 11) is 0. The van der Waals surface area contributed by atoms with Crippen molar-refractivity contribution in [1.29, 1.82) is 0 Å². The quantitative estimate of drug-likeness (QED) is 0.828. The second-order valence-corrected chi connectivity index (χ2v) is 4.59. The lowest BCUT2D eigenvalue weighted by atomic mass is 10.1. The molecule has 0 aliphatic carbocycles. The first-order chi connectivity index (χ1) is 7.52. The van der Waals surface area contributed by atoms with Crippen molar-refractivity contribution >= 4 is 21.7 Å². The molecular formula is C12H14BrFO2. The molecule has 2 nitrogen and oxygen atoms in total. The van der Waals surface area contributed by atoms with Crippen LogP contribution >= 0.6 is 15.9 Å². The van der Waals surface area contributed by atoms with Crippen molar-refractivity contribution in [3.05, 3.63) is 28.5 Å². The molecule has 0 bridgehead atoms. The van der Waals surface area contributed by atoms with E-state index in [1.54, 1.807) is 6.07 Å². The number of hydrogen-bond donors (Lipinski definition) is 0. The van der Waals surface area contributed by atoms with Crippen molar-refractivity contribution < 1.29 is 13.9 Å². The molecule has 0 aliphatic heterocycles. The molecule has 4 heteroatoms. The van der Waals surface area contributed by atoms with E-state index in [0.29, 0.717) is 10.2 Å².